The van der Waals surface area contributed by atoms with Gasteiger partial charge in [-0.1, -0.05) is 55.0 Å². The highest BCUT2D eigenvalue weighted by molar-refractivity contribution is 5.36. The molecule has 0 saturated heterocycles. The molecule has 0 aliphatic carbocycles. The van der Waals surface area contributed by atoms with Gasteiger partial charge in [0.15, 0.2) is 0 Å². The number of nitrogens with one attached hydrogen (secondary N) is 1. The Kier molecular flexibility index (Phi) is 5.82. The second-order valence-corrected chi connectivity index (χ2v) is 5.43. The molecule has 112 valence electrons. The Balaban J connectivity index is 2.21. The number of hydrogen-bond acceptors (Lipinski definition) is 2. The fourth-order valence-corrected chi connectivity index (χ4v) is 2.60. The number of para-hydroxylation sites is 1. The van der Waals surface area contributed by atoms with Gasteiger partial charge in [0.1, 0.15) is 5.75 Å². The van der Waals surface area contributed by atoms with E-state index in [0.717, 1.165) is 25.3 Å². The largest absolute Gasteiger partial charge is 0.496 e. The van der Waals surface area contributed by atoms with Gasteiger partial charge in [0.2, 0.25) is 0 Å². The van der Waals surface area contributed by atoms with Crippen LogP contribution in [-0.4, -0.2) is 20.2 Å². The summed E-state index contributed by atoms with van der Waals surface area (Å²) in [5.74, 6) is 1.44. The molecular weight excluding hydrogens is 258 g/mol. The summed E-state index contributed by atoms with van der Waals surface area (Å²) in [5, 5.41) is 3.48. The summed E-state index contributed by atoms with van der Waals surface area (Å²) >= 11 is 0. The Bertz CT molecular complexity index is 548. The van der Waals surface area contributed by atoms with Crippen molar-refractivity contribution in [2.45, 2.75) is 26.2 Å². The molecule has 2 nitrogen and oxygen atoms in total. The van der Waals surface area contributed by atoms with Crippen molar-refractivity contribution in [2.75, 3.05) is 20.2 Å². The molecule has 0 amide bonds. The normalized spacial score (nSPS) is 12.1. The third kappa shape index (κ3) is 4.33. The first kappa shape index (κ1) is 15.6. The van der Waals surface area contributed by atoms with E-state index in [1.54, 1.807) is 7.11 Å². The number of rotatable bonds is 7. The lowest BCUT2D eigenvalue weighted by atomic mass is 9.91. The summed E-state index contributed by atoms with van der Waals surface area (Å²) in [6.07, 6.45) is 0.986. The van der Waals surface area contributed by atoms with Crippen LogP contribution in [-0.2, 0) is 6.42 Å². The van der Waals surface area contributed by atoms with Gasteiger partial charge in [0, 0.05) is 12.5 Å². The Morgan fingerprint density at radius 1 is 1.05 bits per heavy atom. The maximum absolute atomic E-state index is 5.49. The van der Waals surface area contributed by atoms with Crippen molar-refractivity contribution in [1.29, 1.82) is 0 Å². The van der Waals surface area contributed by atoms with Crippen LogP contribution in [0.2, 0.25) is 0 Å². The third-order valence-corrected chi connectivity index (χ3v) is 3.85. The number of benzene rings is 2. The molecular formula is C19H25NO. The van der Waals surface area contributed by atoms with Crippen LogP contribution in [0.4, 0.5) is 0 Å². The highest BCUT2D eigenvalue weighted by Gasteiger charge is 2.14. The standard InChI is InChI=1S/C19H25NO/c1-4-20-14-18(16-11-9-15(2)10-12-16)13-17-7-5-6-8-19(17)21-3/h5-12,18,20H,4,13-14H2,1-3H3. The van der Waals surface area contributed by atoms with Crippen LogP contribution in [0.25, 0.3) is 0 Å². The van der Waals surface area contributed by atoms with E-state index in [1.165, 1.54) is 16.7 Å². The summed E-state index contributed by atoms with van der Waals surface area (Å²) in [4.78, 5) is 0. The minimum absolute atomic E-state index is 0.460. The van der Waals surface area contributed by atoms with Crippen LogP contribution < -0.4 is 10.1 Å². The maximum Gasteiger partial charge on any atom is 0.122 e. The van der Waals surface area contributed by atoms with Gasteiger partial charge in [-0.05, 0) is 37.1 Å². The lowest BCUT2D eigenvalue weighted by Crippen LogP contribution is -2.22. The van der Waals surface area contributed by atoms with Gasteiger partial charge in [-0.2, -0.15) is 0 Å². The van der Waals surface area contributed by atoms with Crippen molar-refractivity contribution in [3.8, 4) is 5.75 Å². The number of aryl methyl sites for hydroxylation is 1. The van der Waals surface area contributed by atoms with Crippen LogP contribution in [0, 0.1) is 6.92 Å². The van der Waals surface area contributed by atoms with Crippen molar-refractivity contribution < 1.29 is 4.74 Å². The molecule has 2 aromatic rings. The molecule has 0 aromatic heterocycles. The zero-order valence-corrected chi connectivity index (χ0v) is 13.2. The SMILES string of the molecule is CCNCC(Cc1ccccc1OC)c1ccc(C)cc1. The molecule has 0 aliphatic rings. The molecule has 2 heteroatoms. The second kappa shape index (κ2) is 7.84. The molecule has 0 heterocycles. The smallest absolute Gasteiger partial charge is 0.122 e. The quantitative estimate of drug-likeness (QED) is 0.831. The molecule has 0 radical (unpaired) electrons. The molecule has 0 fully saturated rings. The highest BCUT2D eigenvalue weighted by Crippen LogP contribution is 2.26. The molecule has 21 heavy (non-hydrogen) atoms. The van der Waals surface area contributed by atoms with Gasteiger partial charge in [0.25, 0.3) is 0 Å². The first-order chi connectivity index (χ1) is 10.2. The zero-order chi connectivity index (χ0) is 15.1. The predicted octanol–water partition coefficient (Wildman–Crippen LogP) is 3.94. The van der Waals surface area contributed by atoms with E-state index in [9.17, 15) is 0 Å². The van der Waals surface area contributed by atoms with Gasteiger partial charge in [-0.15, -0.1) is 0 Å². The molecule has 2 aromatic carbocycles. The molecule has 1 N–H and O–H groups in total. The lowest BCUT2D eigenvalue weighted by Gasteiger charge is -2.19. The molecule has 0 bridgehead atoms. The third-order valence-electron chi connectivity index (χ3n) is 3.85. The van der Waals surface area contributed by atoms with Crippen LogP contribution in [0.1, 0.15) is 29.5 Å². The minimum Gasteiger partial charge on any atom is -0.496 e. The first-order valence-corrected chi connectivity index (χ1v) is 7.63. The Morgan fingerprint density at radius 2 is 1.76 bits per heavy atom. The van der Waals surface area contributed by atoms with Crippen molar-refractivity contribution in [1.82, 2.24) is 5.32 Å². The Labute approximate surface area is 128 Å². The fraction of sp³-hybridized carbons (Fsp3) is 0.368. The fourth-order valence-electron chi connectivity index (χ4n) is 2.60. The molecule has 0 aliphatic heterocycles. The van der Waals surface area contributed by atoms with E-state index in [4.69, 9.17) is 4.74 Å². The number of methoxy groups -OCH3 is 1. The van der Waals surface area contributed by atoms with Crippen molar-refractivity contribution >= 4 is 0 Å². The van der Waals surface area contributed by atoms with Crippen LogP contribution >= 0.6 is 0 Å². The van der Waals surface area contributed by atoms with Crippen LogP contribution in [0.3, 0.4) is 0 Å². The van der Waals surface area contributed by atoms with E-state index in [-0.39, 0.29) is 0 Å². The monoisotopic (exact) mass is 283 g/mol. The van der Waals surface area contributed by atoms with Crippen molar-refractivity contribution in [3.05, 3.63) is 65.2 Å². The van der Waals surface area contributed by atoms with E-state index in [2.05, 4.69) is 55.6 Å². The predicted molar refractivity (Wildman–Crippen MR) is 89.2 cm³/mol. The van der Waals surface area contributed by atoms with Crippen molar-refractivity contribution in [3.63, 3.8) is 0 Å². The molecule has 0 spiro atoms. The Hall–Kier alpha value is -1.80. The molecule has 0 saturated carbocycles. The summed E-state index contributed by atoms with van der Waals surface area (Å²) in [6, 6.07) is 17.2. The van der Waals surface area contributed by atoms with Crippen molar-refractivity contribution in [2.24, 2.45) is 0 Å². The second-order valence-electron chi connectivity index (χ2n) is 5.43. The highest BCUT2D eigenvalue weighted by atomic mass is 16.5. The van der Waals surface area contributed by atoms with Crippen LogP contribution in [0.5, 0.6) is 5.75 Å². The zero-order valence-electron chi connectivity index (χ0n) is 13.2. The van der Waals surface area contributed by atoms with Gasteiger partial charge < -0.3 is 10.1 Å². The van der Waals surface area contributed by atoms with E-state index >= 15 is 0 Å². The lowest BCUT2D eigenvalue weighted by molar-refractivity contribution is 0.407. The van der Waals surface area contributed by atoms with E-state index < -0.39 is 0 Å². The molecule has 2 rings (SSSR count). The number of hydrogen-bond donors (Lipinski definition) is 1. The topological polar surface area (TPSA) is 21.3 Å². The van der Waals surface area contributed by atoms with E-state index in [0.29, 0.717) is 5.92 Å². The van der Waals surface area contributed by atoms with E-state index in [1.807, 2.05) is 12.1 Å². The Morgan fingerprint density at radius 3 is 2.43 bits per heavy atom. The average molecular weight is 283 g/mol. The summed E-state index contributed by atoms with van der Waals surface area (Å²) in [5.41, 5.74) is 3.95. The average Bonchev–Trinajstić information content (AvgIpc) is 2.52. The summed E-state index contributed by atoms with van der Waals surface area (Å²) < 4.78 is 5.49. The van der Waals surface area contributed by atoms with Gasteiger partial charge in [-0.25, -0.2) is 0 Å². The minimum atomic E-state index is 0.460. The molecule has 1 unspecified atom stereocenters. The van der Waals surface area contributed by atoms with Gasteiger partial charge in [0.05, 0.1) is 7.11 Å². The first-order valence-electron chi connectivity index (χ1n) is 7.63. The van der Waals surface area contributed by atoms with Gasteiger partial charge >= 0.3 is 0 Å². The van der Waals surface area contributed by atoms with Gasteiger partial charge in [-0.3, -0.25) is 0 Å². The summed E-state index contributed by atoms with van der Waals surface area (Å²) in [6.45, 7) is 6.25. The summed E-state index contributed by atoms with van der Waals surface area (Å²) in [7, 11) is 1.74. The number of ether oxygens (including phenoxy) is 1. The maximum atomic E-state index is 5.49. The molecule has 1 atom stereocenters. The van der Waals surface area contributed by atoms with Crippen LogP contribution in [0.15, 0.2) is 48.5 Å². The number of likely N-dealkylation sites (N-methyl/N-ethyl adjacent to an activating group) is 1.